The fourth-order valence-electron chi connectivity index (χ4n) is 1.87. The molecule has 0 amide bonds. The van der Waals surface area contributed by atoms with Crippen molar-refractivity contribution in [3.05, 3.63) is 36.5 Å². The Morgan fingerprint density at radius 3 is 2.95 bits per heavy atom. The highest BCUT2D eigenvalue weighted by Crippen LogP contribution is 2.30. The average molecular weight is 285 g/mol. The number of aromatic nitrogens is 1. The van der Waals surface area contributed by atoms with Crippen LogP contribution in [0.1, 0.15) is 12.8 Å². The van der Waals surface area contributed by atoms with Crippen molar-refractivity contribution in [1.82, 2.24) is 4.98 Å². The van der Waals surface area contributed by atoms with Gasteiger partial charge in [0.05, 0.1) is 5.92 Å². The molecule has 2 N–H and O–H groups in total. The Morgan fingerprint density at radius 1 is 1.33 bits per heavy atom. The Bertz CT molecular complexity index is 690. The molecule has 0 saturated heterocycles. The van der Waals surface area contributed by atoms with Gasteiger partial charge in [0.15, 0.2) is 5.84 Å². The molecule has 1 fully saturated rings. The second-order valence-electron chi connectivity index (χ2n) is 4.89. The molecule has 1 aromatic carbocycles. The van der Waals surface area contributed by atoms with Crippen molar-refractivity contribution >= 4 is 22.7 Å². The number of para-hydroxylation sites is 1. The number of rotatable bonds is 5. The number of hydrogen-bond donors (Lipinski definition) is 1. The predicted octanol–water partition coefficient (Wildman–Crippen LogP) is 1.84. The van der Waals surface area contributed by atoms with E-state index in [9.17, 15) is 4.79 Å². The summed E-state index contributed by atoms with van der Waals surface area (Å²) in [7, 11) is 0. The topological polar surface area (TPSA) is 86.8 Å². The van der Waals surface area contributed by atoms with Crippen LogP contribution in [0.2, 0.25) is 0 Å². The summed E-state index contributed by atoms with van der Waals surface area (Å²) in [4.78, 5) is 20.3. The Kier molecular flexibility index (Phi) is 3.68. The third kappa shape index (κ3) is 3.28. The lowest BCUT2D eigenvalue weighted by Gasteiger charge is -2.07. The van der Waals surface area contributed by atoms with Crippen LogP contribution in [0.4, 0.5) is 0 Å². The lowest BCUT2D eigenvalue weighted by Crippen LogP contribution is -2.22. The first-order chi connectivity index (χ1) is 10.2. The molecule has 1 heterocycles. The number of carbonyl (C=O) groups excluding carboxylic acids is 1. The number of benzene rings is 1. The molecule has 108 valence electrons. The van der Waals surface area contributed by atoms with Crippen LogP contribution in [-0.4, -0.2) is 23.4 Å². The van der Waals surface area contributed by atoms with Crippen molar-refractivity contribution in [3.63, 3.8) is 0 Å². The fourth-order valence-corrected chi connectivity index (χ4v) is 1.87. The van der Waals surface area contributed by atoms with Gasteiger partial charge < -0.3 is 15.3 Å². The van der Waals surface area contributed by atoms with Crippen molar-refractivity contribution in [2.45, 2.75) is 12.8 Å². The molecule has 3 rings (SSSR count). The molecule has 0 aliphatic heterocycles. The van der Waals surface area contributed by atoms with E-state index in [0.717, 1.165) is 23.7 Å². The Balaban J connectivity index is 1.63. The van der Waals surface area contributed by atoms with Gasteiger partial charge in [-0.1, -0.05) is 23.4 Å². The number of hydrogen-bond acceptors (Lipinski definition) is 5. The lowest BCUT2D eigenvalue weighted by atomic mass is 10.2. The van der Waals surface area contributed by atoms with Gasteiger partial charge in [0.1, 0.15) is 17.9 Å². The van der Waals surface area contributed by atoms with E-state index in [2.05, 4.69) is 10.1 Å². The van der Waals surface area contributed by atoms with E-state index in [1.165, 1.54) is 0 Å². The lowest BCUT2D eigenvalue weighted by molar-refractivity contribution is -0.145. The van der Waals surface area contributed by atoms with Crippen molar-refractivity contribution in [1.29, 1.82) is 0 Å². The van der Waals surface area contributed by atoms with E-state index >= 15 is 0 Å². The molecule has 6 heteroatoms. The summed E-state index contributed by atoms with van der Waals surface area (Å²) in [5.74, 6) is 0.381. The zero-order valence-corrected chi connectivity index (χ0v) is 11.4. The molecule has 2 aromatic rings. The predicted molar refractivity (Wildman–Crippen MR) is 77.7 cm³/mol. The second kappa shape index (κ2) is 5.78. The first-order valence-electron chi connectivity index (χ1n) is 6.74. The highest BCUT2D eigenvalue weighted by Gasteiger charge is 2.31. The third-order valence-electron chi connectivity index (χ3n) is 3.13. The van der Waals surface area contributed by atoms with Crippen molar-refractivity contribution in [2.75, 3.05) is 6.61 Å². The number of fused-ring (bicyclic) bond motifs is 1. The van der Waals surface area contributed by atoms with Gasteiger partial charge in [-0.2, -0.15) is 0 Å². The Morgan fingerprint density at radius 2 is 2.14 bits per heavy atom. The Hall–Kier alpha value is -2.63. The van der Waals surface area contributed by atoms with E-state index < -0.39 is 0 Å². The zero-order chi connectivity index (χ0) is 14.7. The van der Waals surface area contributed by atoms with Crippen LogP contribution in [0, 0.1) is 5.92 Å². The highest BCUT2D eigenvalue weighted by molar-refractivity contribution is 5.86. The third-order valence-corrected chi connectivity index (χ3v) is 3.13. The molecule has 0 unspecified atom stereocenters. The number of carbonyl (C=O) groups is 1. The molecular weight excluding hydrogens is 270 g/mol. The van der Waals surface area contributed by atoms with Crippen LogP contribution < -0.4 is 10.5 Å². The van der Waals surface area contributed by atoms with Crippen LogP contribution in [0.25, 0.3) is 10.9 Å². The number of pyridine rings is 1. The maximum Gasteiger partial charge on any atom is 0.338 e. The van der Waals surface area contributed by atoms with Gasteiger partial charge in [-0.25, -0.2) is 4.79 Å². The minimum Gasteiger partial charge on any atom is -0.483 e. The van der Waals surface area contributed by atoms with Gasteiger partial charge in [-0.15, -0.1) is 0 Å². The van der Waals surface area contributed by atoms with E-state index in [1.807, 2.05) is 24.3 Å². The molecule has 6 nitrogen and oxygen atoms in total. The van der Waals surface area contributed by atoms with Crippen molar-refractivity contribution in [2.24, 2.45) is 16.8 Å². The summed E-state index contributed by atoms with van der Waals surface area (Å²) >= 11 is 0. The molecule has 0 radical (unpaired) electrons. The van der Waals surface area contributed by atoms with Crippen molar-refractivity contribution in [3.8, 4) is 5.75 Å². The normalized spacial score (nSPS) is 15.0. The molecule has 1 aromatic heterocycles. The molecule has 0 bridgehead atoms. The van der Waals surface area contributed by atoms with Crippen LogP contribution in [-0.2, 0) is 9.63 Å². The number of amidine groups is 1. The van der Waals surface area contributed by atoms with E-state index in [-0.39, 0.29) is 24.3 Å². The summed E-state index contributed by atoms with van der Waals surface area (Å²) in [5, 5.41) is 4.56. The SMILES string of the molecule is N/C(COc1cccc2cccnc12)=N\OC(=O)C1CC1. The summed E-state index contributed by atoms with van der Waals surface area (Å²) in [5.41, 5.74) is 6.41. The van der Waals surface area contributed by atoms with Gasteiger partial charge >= 0.3 is 5.97 Å². The van der Waals surface area contributed by atoms with E-state index in [0.29, 0.717) is 5.75 Å². The quantitative estimate of drug-likeness (QED) is 0.392. The average Bonchev–Trinajstić information content (AvgIpc) is 3.35. The van der Waals surface area contributed by atoms with E-state index in [4.69, 9.17) is 15.3 Å². The first kappa shape index (κ1) is 13.4. The van der Waals surface area contributed by atoms with Crippen molar-refractivity contribution < 1.29 is 14.4 Å². The van der Waals surface area contributed by atoms with Gasteiger partial charge in [-0.05, 0) is 25.0 Å². The minimum absolute atomic E-state index is 0.00950. The maximum atomic E-state index is 11.3. The fraction of sp³-hybridized carbons (Fsp3) is 0.267. The largest absolute Gasteiger partial charge is 0.483 e. The molecule has 21 heavy (non-hydrogen) atoms. The standard InChI is InChI=1S/C15H15N3O3/c16-13(18-21-15(19)11-6-7-11)9-20-12-5-1-3-10-4-2-8-17-14(10)12/h1-5,8,11H,6-7,9H2,(H2,16,18). The van der Waals surface area contributed by atoms with Crippen LogP contribution in [0.3, 0.4) is 0 Å². The second-order valence-corrected chi connectivity index (χ2v) is 4.89. The maximum absolute atomic E-state index is 11.3. The summed E-state index contributed by atoms with van der Waals surface area (Å²) in [6.45, 7) is 0.0354. The molecule has 1 aliphatic carbocycles. The van der Waals surface area contributed by atoms with Gasteiger partial charge in [0.2, 0.25) is 0 Å². The molecule has 0 atom stereocenters. The number of nitrogens with zero attached hydrogens (tertiary/aromatic N) is 2. The number of oxime groups is 1. The number of ether oxygens (including phenoxy) is 1. The minimum atomic E-state index is -0.329. The summed E-state index contributed by atoms with van der Waals surface area (Å²) < 4.78 is 5.58. The van der Waals surface area contributed by atoms with Crippen LogP contribution in [0.15, 0.2) is 41.7 Å². The summed E-state index contributed by atoms with van der Waals surface area (Å²) in [6, 6.07) is 9.44. The molecule has 1 aliphatic rings. The molecule has 0 spiro atoms. The highest BCUT2D eigenvalue weighted by atomic mass is 16.7. The van der Waals surface area contributed by atoms with Crippen LogP contribution in [0.5, 0.6) is 5.75 Å². The summed E-state index contributed by atoms with van der Waals surface area (Å²) in [6.07, 6.45) is 3.43. The van der Waals surface area contributed by atoms with Gasteiger partial charge in [-0.3, -0.25) is 4.98 Å². The monoisotopic (exact) mass is 285 g/mol. The first-order valence-corrected chi connectivity index (χ1v) is 6.74. The smallest absolute Gasteiger partial charge is 0.338 e. The molecule has 1 saturated carbocycles. The zero-order valence-electron chi connectivity index (χ0n) is 11.4. The van der Waals surface area contributed by atoms with Gasteiger partial charge in [0, 0.05) is 11.6 Å². The number of nitrogens with two attached hydrogens (primary N) is 1. The van der Waals surface area contributed by atoms with Crippen LogP contribution >= 0.6 is 0 Å². The van der Waals surface area contributed by atoms with E-state index in [1.54, 1.807) is 12.3 Å². The van der Waals surface area contributed by atoms with Gasteiger partial charge in [0.25, 0.3) is 0 Å². The Labute approximate surface area is 121 Å². The molecular formula is C15H15N3O3.